The van der Waals surface area contributed by atoms with E-state index in [1.165, 1.54) is 6.20 Å². The van der Waals surface area contributed by atoms with Crippen LogP contribution in [0.2, 0.25) is 0 Å². The summed E-state index contributed by atoms with van der Waals surface area (Å²) in [5.41, 5.74) is 5.57. The van der Waals surface area contributed by atoms with Crippen LogP contribution in [0, 0.1) is 17.2 Å². The van der Waals surface area contributed by atoms with Crippen LogP contribution in [0.15, 0.2) is 12.3 Å². The Morgan fingerprint density at radius 3 is 2.83 bits per heavy atom. The van der Waals surface area contributed by atoms with Crippen LogP contribution in [0.3, 0.4) is 0 Å². The fourth-order valence-electron chi connectivity index (χ4n) is 1.93. The number of hydrogen-bond acceptors (Lipinski definition) is 5. The molecule has 0 aliphatic rings. The lowest BCUT2D eigenvalue weighted by Crippen LogP contribution is -2.35. The lowest BCUT2D eigenvalue weighted by molar-refractivity contribution is 0.0515. The molecular weight excluding hydrogens is 228 g/mol. The Morgan fingerprint density at radius 2 is 2.28 bits per heavy atom. The van der Waals surface area contributed by atoms with Crippen molar-refractivity contribution in [2.75, 3.05) is 17.6 Å². The number of nitrogens with zero attached hydrogens (tertiary/aromatic N) is 2. The van der Waals surface area contributed by atoms with Crippen LogP contribution in [0.1, 0.15) is 32.8 Å². The third kappa shape index (κ3) is 4.22. The second-order valence-electron chi connectivity index (χ2n) is 5.23. The number of hydrogen-bond donors (Lipinski definition) is 3. The van der Waals surface area contributed by atoms with Crippen molar-refractivity contribution in [1.82, 2.24) is 4.98 Å². The molecule has 98 valence electrons. The van der Waals surface area contributed by atoms with Gasteiger partial charge in [-0.15, -0.1) is 0 Å². The summed E-state index contributed by atoms with van der Waals surface area (Å²) >= 11 is 0. The molecule has 5 nitrogen and oxygen atoms in total. The molecule has 1 heterocycles. The van der Waals surface area contributed by atoms with E-state index in [0.29, 0.717) is 36.0 Å². The maximum absolute atomic E-state index is 10.2. The normalized spacial score (nSPS) is 14.0. The zero-order valence-electron chi connectivity index (χ0n) is 11.1. The molecule has 0 bridgehead atoms. The fourth-order valence-corrected chi connectivity index (χ4v) is 1.93. The second kappa shape index (κ2) is 5.69. The summed E-state index contributed by atoms with van der Waals surface area (Å²) in [5.74, 6) is 0.854. The maximum atomic E-state index is 10.2. The molecule has 1 unspecified atom stereocenters. The van der Waals surface area contributed by atoms with E-state index in [9.17, 15) is 5.11 Å². The number of nitrogens with one attached hydrogen (secondary N) is 1. The quantitative estimate of drug-likeness (QED) is 0.737. The van der Waals surface area contributed by atoms with Crippen molar-refractivity contribution in [3.05, 3.63) is 17.8 Å². The van der Waals surface area contributed by atoms with E-state index in [4.69, 9.17) is 11.0 Å². The minimum atomic E-state index is -0.829. The Bertz CT molecular complexity index is 449. The van der Waals surface area contributed by atoms with Crippen LogP contribution >= 0.6 is 0 Å². The number of nitriles is 1. The molecule has 0 aliphatic heterocycles. The maximum Gasteiger partial charge on any atom is 0.144 e. The molecule has 0 fully saturated rings. The molecule has 0 aliphatic carbocycles. The highest BCUT2D eigenvalue weighted by Crippen LogP contribution is 2.19. The summed E-state index contributed by atoms with van der Waals surface area (Å²) in [4.78, 5) is 4.06. The molecular formula is C13H20N4O. The van der Waals surface area contributed by atoms with E-state index in [-0.39, 0.29) is 0 Å². The van der Waals surface area contributed by atoms with Crippen molar-refractivity contribution in [3.8, 4) is 6.07 Å². The molecule has 1 atom stereocenters. The molecule has 0 radical (unpaired) electrons. The standard InChI is InChI=1S/C13H20N4O/c1-9(2)5-13(3,18)8-17-12-10(6-14)4-11(15)7-16-12/h4,7,9,18H,5,8,15H2,1-3H3,(H,16,17). The van der Waals surface area contributed by atoms with Gasteiger partial charge in [-0.2, -0.15) is 5.26 Å². The lowest BCUT2D eigenvalue weighted by Gasteiger charge is -2.26. The van der Waals surface area contributed by atoms with Gasteiger partial charge < -0.3 is 16.2 Å². The highest BCUT2D eigenvalue weighted by molar-refractivity contribution is 5.57. The smallest absolute Gasteiger partial charge is 0.144 e. The summed E-state index contributed by atoms with van der Waals surface area (Å²) in [6.07, 6.45) is 2.16. The molecule has 0 saturated carbocycles. The Morgan fingerprint density at radius 1 is 1.61 bits per heavy atom. The highest BCUT2D eigenvalue weighted by Gasteiger charge is 2.22. The predicted molar refractivity (Wildman–Crippen MR) is 71.9 cm³/mol. The van der Waals surface area contributed by atoms with Crippen LogP contribution < -0.4 is 11.1 Å². The van der Waals surface area contributed by atoms with Crippen LogP contribution in [-0.2, 0) is 0 Å². The first-order valence-corrected chi connectivity index (χ1v) is 5.96. The van der Waals surface area contributed by atoms with E-state index in [2.05, 4.69) is 24.1 Å². The van der Waals surface area contributed by atoms with Gasteiger partial charge in [0.2, 0.25) is 0 Å². The van der Waals surface area contributed by atoms with E-state index >= 15 is 0 Å². The summed E-state index contributed by atoms with van der Waals surface area (Å²) in [6, 6.07) is 3.59. The summed E-state index contributed by atoms with van der Waals surface area (Å²) in [5, 5.41) is 22.1. The Balaban J connectivity index is 2.72. The molecule has 1 aromatic heterocycles. The number of nitrogen functional groups attached to an aromatic ring is 1. The first-order valence-electron chi connectivity index (χ1n) is 5.96. The zero-order valence-corrected chi connectivity index (χ0v) is 11.1. The minimum Gasteiger partial charge on any atom is -0.397 e. The van der Waals surface area contributed by atoms with Crippen LogP contribution in [0.4, 0.5) is 11.5 Å². The van der Waals surface area contributed by atoms with Crippen LogP contribution in [0.25, 0.3) is 0 Å². The van der Waals surface area contributed by atoms with Gasteiger partial charge in [0.15, 0.2) is 0 Å². The third-order valence-corrected chi connectivity index (χ3v) is 2.51. The summed E-state index contributed by atoms with van der Waals surface area (Å²) in [7, 11) is 0. The number of aliphatic hydroxyl groups is 1. The van der Waals surface area contributed by atoms with Gasteiger partial charge in [0.1, 0.15) is 11.9 Å². The average Bonchev–Trinajstić information content (AvgIpc) is 2.25. The van der Waals surface area contributed by atoms with E-state index < -0.39 is 5.60 Å². The molecule has 4 N–H and O–H groups in total. The van der Waals surface area contributed by atoms with Crippen molar-refractivity contribution < 1.29 is 5.11 Å². The third-order valence-electron chi connectivity index (χ3n) is 2.51. The topological polar surface area (TPSA) is 95.0 Å². The van der Waals surface area contributed by atoms with E-state index in [1.54, 1.807) is 13.0 Å². The summed E-state index contributed by atoms with van der Waals surface area (Å²) in [6.45, 7) is 6.22. The molecule has 0 spiro atoms. The van der Waals surface area contributed by atoms with E-state index in [1.807, 2.05) is 6.07 Å². The average molecular weight is 248 g/mol. The molecule has 1 rings (SSSR count). The van der Waals surface area contributed by atoms with Crippen molar-refractivity contribution in [3.63, 3.8) is 0 Å². The highest BCUT2D eigenvalue weighted by atomic mass is 16.3. The van der Waals surface area contributed by atoms with Crippen LogP contribution in [0.5, 0.6) is 0 Å². The first kappa shape index (κ1) is 14.3. The number of rotatable bonds is 5. The SMILES string of the molecule is CC(C)CC(C)(O)CNc1ncc(N)cc1C#N. The molecule has 5 heteroatoms. The van der Waals surface area contributed by atoms with Gasteiger partial charge in [0.25, 0.3) is 0 Å². The van der Waals surface area contributed by atoms with Gasteiger partial charge in [-0.05, 0) is 25.3 Å². The summed E-state index contributed by atoms with van der Waals surface area (Å²) < 4.78 is 0. The Hall–Kier alpha value is -1.80. The fraction of sp³-hybridized carbons (Fsp3) is 0.538. The second-order valence-corrected chi connectivity index (χ2v) is 5.23. The van der Waals surface area contributed by atoms with Gasteiger partial charge in [0, 0.05) is 6.54 Å². The Kier molecular flexibility index (Phi) is 4.51. The molecule has 0 aromatic carbocycles. The van der Waals surface area contributed by atoms with E-state index in [0.717, 1.165) is 0 Å². The van der Waals surface area contributed by atoms with Crippen molar-refractivity contribution in [2.45, 2.75) is 32.8 Å². The number of anilines is 2. The Labute approximate surface area is 108 Å². The number of aromatic nitrogens is 1. The molecule has 0 amide bonds. The van der Waals surface area contributed by atoms with Crippen LogP contribution in [-0.4, -0.2) is 22.2 Å². The minimum absolute atomic E-state index is 0.344. The predicted octanol–water partition coefficient (Wildman–Crippen LogP) is 1.74. The zero-order chi connectivity index (χ0) is 13.8. The monoisotopic (exact) mass is 248 g/mol. The largest absolute Gasteiger partial charge is 0.397 e. The molecule has 18 heavy (non-hydrogen) atoms. The number of pyridine rings is 1. The molecule has 0 saturated heterocycles. The lowest BCUT2D eigenvalue weighted by atomic mass is 9.94. The van der Waals surface area contributed by atoms with Gasteiger partial charge in [-0.1, -0.05) is 13.8 Å². The van der Waals surface area contributed by atoms with Crippen molar-refractivity contribution in [1.29, 1.82) is 5.26 Å². The molecule has 1 aromatic rings. The number of nitrogens with two attached hydrogens (primary N) is 1. The van der Waals surface area contributed by atoms with Crippen molar-refractivity contribution >= 4 is 11.5 Å². The first-order chi connectivity index (χ1) is 8.34. The van der Waals surface area contributed by atoms with Gasteiger partial charge in [-0.3, -0.25) is 0 Å². The van der Waals surface area contributed by atoms with Gasteiger partial charge >= 0.3 is 0 Å². The van der Waals surface area contributed by atoms with Gasteiger partial charge in [-0.25, -0.2) is 4.98 Å². The van der Waals surface area contributed by atoms with Crippen molar-refractivity contribution in [2.24, 2.45) is 5.92 Å². The van der Waals surface area contributed by atoms with Gasteiger partial charge in [0.05, 0.1) is 23.0 Å².